The molecule has 4 heteroatoms. The molecule has 1 atom stereocenters. The Kier molecular flexibility index (Phi) is 4.84. The molecular weight excluding hydrogens is 238 g/mol. The van der Waals surface area contributed by atoms with E-state index in [1.807, 2.05) is 31.2 Å². The van der Waals surface area contributed by atoms with Gasteiger partial charge in [-0.25, -0.2) is 0 Å². The number of benzene rings is 1. The van der Waals surface area contributed by atoms with Crippen molar-refractivity contribution in [3.63, 3.8) is 0 Å². The van der Waals surface area contributed by atoms with Gasteiger partial charge in [0.1, 0.15) is 5.75 Å². The van der Waals surface area contributed by atoms with Crippen LogP contribution in [0.3, 0.4) is 0 Å². The average Bonchev–Trinajstić information content (AvgIpc) is 2.44. The fourth-order valence-corrected chi connectivity index (χ4v) is 2.14. The van der Waals surface area contributed by atoms with Crippen molar-refractivity contribution in [2.75, 3.05) is 13.2 Å². The zero-order chi connectivity index (χ0) is 13.5. The summed E-state index contributed by atoms with van der Waals surface area (Å²) in [5.41, 5.74) is 7.07. The molecule has 4 nitrogen and oxygen atoms in total. The van der Waals surface area contributed by atoms with Crippen molar-refractivity contribution in [2.24, 2.45) is 10.7 Å². The van der Waals surface area contributed by atoms with Gasteiger partial charge in [0.05, 0.1) is 12.6 Å². The van der Waals surface area contributed by atoms with E-state index in [1.54, 1.807) is 0 Å². The third kappa shape index (κ3) is 3.74. The molecule has 3 N–H and O–H groups in total. The summed E-state index contributed by atoms with van der Waals surface area (Å²) in [5, 5.41) is 3.28. The van der Waals surface area contributed by atoms with E-state index in [1.165, 1.54) is 0 Å². The molecule has 1 aromatic rings. The summed E-state index contributed by atoms with van der Waals surface area (Å²) < 4.78 is 5.62. The second-order valence-electron chi connectivity index (χ2n) is 4.50. The molecule has 0 amide bonds. The third-order valence-electron chi connectivity index (χ3n) is 3.09. The highest BCUT2D eigenvalue weighted by Crippen LogP contribution is 2.31. The van der Waals surface area contributed by atoms with E-state index in [0.717, 1.165) is 24.2 Å². The lowest BCUT2D eigenvalue weighted by atomic mass is 10.0. The van der Waals surface area contributed by atoms with Gasteiger partial charge in [0.25, 0.3) is 0 Å². The van der Waals surface area contributed by atoms with Crippen LogP contribution in [0.15, 0.2) is 41.4 Å². The lowest BCUT2D eigenvalue weighted by molar-refractivity contribution is 0.262. The summed E-state index contributed by atoms with van der Waals surface area (Å²) in [4.78, 5) is 4.32. The van der Waals surface area contributed by atoms with Gasteiger partial charge in [0.2, 0.25) is 0 Å². The Morgan fingerprint density at radius 3 is 3.21 bits per heavy atom. The molecule has 19 heavy (non-hydrogen) atoms. The smallest absolute Gasteiger partial charge is 0.189 e. The molecule has 1 heterocycles. The van der Waals surface area contributed by atoms with Gasteiger partial charge in [-0.2, -0.15) is 0 Å². The van der Waals surface area contributed by atoms with E-state index < -0.39 is 0 Å². The van der Waals surface area contributed by atoms with Crippen LogP contribution in [0.25, 0.3) is 0 Å². The summed E-state index contributed by atoms with van der Waals surface area (Å²) in [5.74, 6) is 1.44. The van der Waals surface area contributed by atoms with Crippen molar-refractivity contribution in [3.05, 3.63) is 42.0 Å². The Hall–Kier alpha value is -1.97. The molecule has 0 saturated carbocycles. The lowest BCUT2D eigenvalue weighted by Crippen LogP contribution is -2.37. The number of rotatable bonds is 4. The number of nitrogens with two attached hydrogens (primary N) is 1. The van der Waals surface area contributed by atoms with Crippen molar-refractivity contribution >= 4 is 5.96 Å². The summed E-state index contributed by atoms with van der Waals surface area (Å²) in [6, 6.07) is 8.24. The van der Waals surface area contributed by atoms with Crippen LogP contribution in [0, 0.1) is 0 Å². The minimum absolute atomic E-state index is 0.190. The molecule has 0 spiro atoms. The normalized spacial score (nSPS) is 19.0. The number of hydrogen-bond donors (Lipinski definition) is 2. The standard InChI is InChI=1S/C15H21N3O/c1-2-3-6-10-17-15(16)18-13-9-11-19-14-8-5-4-7-12(13)14/h2-5,7-8,13H,6,9-11H2,1H3,(H3,16,17,18). The first-order chi connectivity index (χ1) is 9.31. The maximum absolute atomic E-state index is 5.92. The van der Waals surface area contributed by atoms with Crippen molar-refractivity contribution in [1.82, 2.24) is 5.32 Å². The summed E-state index contributed by atoms with van der Waals surface area (Å²) in [7, 11) is 0. The van der Waals surface area contributed by atoms with Crippen LogP contribution in [0.5, 0.6) is 5.75 Å². The van der Waals surface area contributed by atoms with Crippen LogP contribution < -0.4 is 15.8 Å². The summed E-state index contributed by atoms with van der Waals surface area (Å²) >= 11 is 0. The van der Waals surface area contributed by atoms with Gasteiger partial charge in [0.15, 0.2) is 5.96 Å². The Morgan fingerprint density at radius 1 is 1.53 bits per heavy atom. The first-order valence-electron chi connectivity index (χ1n) is 6.70. The summed E-state index contributed by atoms with van der Waals surface area (Å²) in [6.07, 6.45) is 5.93. The van der Waals surface area contributed by atoms with E-state index >= 15 is 0 Å². The topological polar surface area (TPSA) is 59.6 Å². The summed E-state index contributed by atoms with van der Waals surface area (Å²) in [6.45, 7) is 3.43. The molecule has 0 saturated heterocycles. The van der Waals surface area contributed by atoms with Crippen LogP contribution in [-0.4, -0.2) is 19.1 Å². The van der Waals surface area contributed by atoms with Gasteiger partial charge in [-0.15, -0.1) is 0 Å². The highest BCUT2D eigenvalue weighted by molar-refractivity contribution is 5.78. The van der Waals surface area contributed by atoms with Gasteiger partial charge in [-0.3, -0.25) is 4.99 Å². The van der Waals surface area contributed by atoms with Crippen LogP contribution in [0.4, 0.5) is 0 Å². The molecule has 2 rings (SSSR count). The molecule has 102 valence electrons. The fraction of sp³-hybridized carbons (Fsp3) is 0.400. The molecule has 1 unspecified atom stereocenters. The SMILES string of the molecule is CC=CCCN=C(N)NC1CCOc2ccccc21. The predicted octanol–water partition coefficient (Wildman–Crippen LogP) is 2.38. The maximum atomic E-state index is 5.92. The van der Waals surface area contributed by atoms with Crippen molar-refractivity contribution in [2.45, 2.75) is 25.8 Å². The second kappa shape index (κ2) is 6.83. The zero-order valence-corrected chi connectivity index (χ0v) is 11.3. The highest BCUT2D eigenvalue weighted by atomic mass is 16.5. The first kappa shape index (κ1) is 13.5. The van der Waals surface area contributed by atoms with E-state index in [-0.39, 0.29) is 6.04 Å². The molecule has 1 aromatic carbocycles. The van der Waals surface area contributed by atoms with E-state index in [9.17, 15) is 0 Å². The molecular formula is C15H21N3O. The Bertz CT molecular complexity index is 468. The third-order valence-corrected chi connectivity index (χ3v) is 3.09. The number of aliphatic imine (C=N–C) groups is 1. The molecule has 1 aliphatic rings. The van der Waals surface area contributed by atoms with Crippen molar-refractivity contribution in [1.29, 1.82) is 0 Å². The maximum Gasteiger partial charge on any atom is 0.189 e. The van der Waals surface area contributed by atoms with E-state index in [0.29, 0.717) is 19.1 Å². The van der Waals surface area contributed by atoms with Crippen LogP contribution >= 0.6 is 0 Å². The Morgan fingerprint density at radius 2 is 2.37 bits per heavy atom. The number of ether oxygens (including phenoxy) is 1. The molecule has 0 aliphatic carbocycles. The fourth-order valence-electron chi connectivity index (χ4n) is 2.14. The number of nitrogens with zero attached hydrogens (tertiary/aromatic N) is 1. The number of guanidine groups is 1. The van der Waals surface area contributed by atoms with Crippen LogP contribution in [-0.2, 0) is 0 Å². The average molecular weight is 259 g/mol. The largest absolute Gasteiger partial charge is 0.493 e. The molecule has 0 radical (unpaired) electrons. The number of nitrogens with one attached hydrogen (secondary N) is 1. The van der Waals surface area contributed by atoms with Gasteiger partial charge in [0, 0.05) is 18.5 Å². The van der Waals surface area contributed by atoms with Gasteiger partial charge in [-0.05, 0) is 19.4 Å². The van der Waals surface area contributed by atoms with E-state index in [2.05, 4.69) is 22.5 Å². The predicted molar refractivity (Wildman–Crippen MR) is 78.4 cm³/mol. The number of para-hydroxylation sites is 1. The molecule has 0 aromatic heterocycles. The van der Waals surface area contributed by atoms with Crippen molar-refractivity contribution < 1.29 is 4.74 Å². The zero-order valence-electron chi connectivity index (χ0n) is 11.3. The molecule has 0 bridgehead atoms. The monoisotopic (exact) mass is 259 g/mol. The number of fused-ring (bicyclic) bond motifs is 1. The van der Waals surface area contributed by atoms with E-state index in [4.69, 9.17) is 10.5 Å². The van der Waals surface area contributed by atoms with Gasteiger partial charge >= 0.3 is 0 Å². The number of allylic oxidation sites excluding steroid dienone is 1. The van der Waals surface area contributed by atoms with Crippen LogP contribution in [0.2, 0.25) is 0 Å². The Balaban J connectivity index is 1.96. The lowest BCUT2D eigenvalue weighted by Gasteiger charge is -2.26. The minimum atomic E-state index is 0.190. The van der Waals surface area contributed by atoms with Crippen molar-refractivity contribution in [3.8, 4) is 5.75 Å². The first-order valence-corrected chi connectivity index (χ1v) is 6.70. The number of hydrogen-bond acceptors (Lipinski definition) is 2. The Labute approximate surface area is 114 Å². The highest BCUT2D eigenvalue weighted by Gasteiger charge is 2.20. The second-order valence-corrected chi connectivity index (χ2v) is 4.50. The minimum Gasteiger partial charge on any atom is -0.493 e. The molecule has 0 fully saturated rings. The quantitative estimate of drug-likeness (QED) is 0.378. The van der Waals surface area contributed by atoms with Crippen LogP contribution in [0.1, 0.15) is 31.4 Å². The molecule has 1 aliphatic heterocycles. The van der Waals surface area contributed by atoms with Gasteiger partial charge in [-0.1, -0.05) is 30.4 Å². The van der Waals surface area contributed by atoms with Gasteiger partial charge < -0.3 is 15.8 Å².